The van der Waals surface area contributed by atoms with Gasteiger partial charge in [-0.15, -0.1) is 23.1 Å². The number of nitrogens with zero attached hydrogens (tertiary/aromatic N) is 1. The van der Waals surface area contributed by atoms with Gasteiger partial charge in [-0.3, -0.25) is 9.59 Å². The third-order valence-electron chi connectivity index (χ3n) is 4.59. The number of benzene rings is 1. The van der Waals surface area contributed by atoms with Crippen molar-refractivity contribution in [3.8, 4) is 0 Å². The number of H-pyrrole nitrogens is 1. The summed E-state index contributed by atoms with van der Waals surface area (Å²) in [4.78, 5) is 34.1. The highest BCUT2D eigenvalue weighted by Crippen LogP contribution is 2.26. The molecule has 2 unspecified atom stereocenters. The zero-order chi connectivity index (χ0) is 19.6. The summed E-state index contributed by atoms with van der Waals surface area (Å²) in [6.45, 7) is 7.78. The topological polar surface area (TPSA) is 74.8 Å². The molecule has 3 rings (SSSR count). The number of carbonyl (C=O) groups is 1. The van der Waals surface area contributed by atoms with E-state index in [0.717, 1.165) is 20.8 Å². The maximum Gasteiger partial charge on any atom is 0.259 e. The van der Waals surface area contributed by atoms with Crippen LogP contribution in [0.25, 0.3) is 10.2 Å². The van der Waals surface area contributed by atoms with E-state index in [4.69, 9.17) is 0 Å². The van der Waals surface area contributed by atoms with Crippen molar-refractivity contribution in [3.63, 3.8) is 0 Å². The minimum atomic E-state index is -0.246. The lowest BCUT2D eigenvalue weighted by Crippen LogP contribution is -2.33. The van der Waals surface area contributed by atoms with Crippen LogP contribution in [0.3, 0.4) is 0 Å². The molecule has 2 aromatic heterocycles. The van der Waals surface area contributed by atoms with Crippen LogP contribution in [0.4, 0.5) is 0 Å². The van der Waals surface area contributed by atoms with Gasteiger partial charge < -0.3 is 10.3 Å². The summed E-state index contributed by atoms with van der Waals surface area (Å²) in [7, 11) is 0. The van der Waals surface area contributed by atoms with Gasteiger partial charge in [0.2, 0.25) is 5.91 Å². The highest BCUT2D eigenvalue weighted by molar-refractivity contribution is 7.99. The minimum absolute atomic E-state index is 0.0254. The molecule has 2 atom stereocenters. The van der Waals surface area contributed by atoms with Gasteiger partial charge in [-0.05, 0) is 38.8 Å². The smallest absolute Gasteiger partial charge is 0.259 e. The molecular formula is C20H23N3O2S2. The fourth-order valence-corrected chi connectivity index (χ4v) is 4.62. The monoisotopic (exact) mass is 401 g/mol. The molecule has 0 aliphatic heterocycles. The zero-order valence-corrected chi connectivity index (χ0v) is 17.5. The highest BCUT2D eigenvalue weighted by Gasteiger charge is 2.18. The van der Waals surface area contributed by atoms with E-state index in [0.29, 0.717) is 17.0 Å². The summed E-state index contributed by atoms with van der Waals surface area (Å²) in [6, 6.07) is 9.82. The number of rotatable bonds is 6. The molecule has 0 saturated carbocycles. The average Bonchev–Trinajstić information content (AvgIpc) is 2.94. The number of thiophene rings is 1. The molecule has 1 aromatic carbocycles. The number of nitrogens with one attached hydrogen (secondary N) is 2. The van der Waals surface area contributed by atoms with E-state index >= 15 is 0 Å². The van der Waals surface area contributed by atoms with Gasteiger partial charge in [0.15, 0.2) is 0 Å². The molecule has 0 saturated heterocycles. The van der Waals surface area contributed by atoms with Crippen LogP contribution >= 0.6 is 23.1 Å². The number of hydrogen-bond donors (Lipinski definition) is 2. The second-order valence-corrected chi connectivity index (χ2v) is 9.10. The van der Waals surface area contributed by atoms with Crippen LogP contribution in [0.15, 0.2) is 35.1 Å². The summed E-state index contributed by atoms with van der Waals surface area (Å²) in [5, 5.41) is 3.46. The third-order valence-corrected chi connectivity index (χ3v) is 6.84. The lowest BCUT2D eigenvalue weighted by Gasteiger charge is -2.17. The van der Waals surface area contributed by atoms with Crippen molar-refractivity contribution in [3.05, 3.63) is 62.5 Å². The first-order valence-electron chi connectivity index (χ1n) is 8.82. The number of hydrogen-bond acceptors (Lipinski definition) is 5. The van der Waals surface area contributed by atoms with Crippen LogP contribution in [-0.2, 0) is 10.5 Å². The molecule has 2 N–H and O–H groups in total. The molecular weight excluding hydrogens is 378 g/mol. The van der Waals surface area contributed by atoms with Gasteiger partial charge >= 0.3 is 0 Å². The molecule has 0 bridgehead atoms. The van der Waals surface area contributed by atoms with Crippen LogP contribution in [-0.4, -0.2) is 21.1 Å². The summed E-state index contributed by atoms with van der Waals surface area (Å²) in [6.07, 6.45) is 0. The molecule has 7 heteroatoms. The molecule has 5 nitrogen and oxygen atoms in total. The molecule has 142 valence electrons. The average molecular weight is 402 g/mol. The first-order valence-corrected chi connectivity index (χ1v) is 10.7. The van der Waals surface area contributed by atoms with E-state index in [2.05, 4.69) is 15.3 Å². The van der Waals surface area contributed by atoms with Crippen LogP contribution in [0.5, 0.6) is 0 Å². The summed E-state index contributed by atoms with van der Waals surface area (Å²) >= 11 is 3.00. The van der Waals surface area contributed by atoms with Gasteiger partial charge in [-0.2, -0.15) is 0 Å². The lowest BCUT2D eigenvalue weighted by atomic mass is 10.1. The Morgan fingerprint density at radius 3 is 2.67 bits per heavy atom. The quantitative estimate of drug-likeness (QED) is 0.652. The van der Waals surface area contributed by atoms with Gasteiger partial charge in [0.25, 0.3) is 5.56 Å². The Morgan fingerprint density at radius 1 is 1.26 bits per heavy atom. The lowest BCUT2D eigenvalue weighted by molar-refractivity contribution is -0.120. The Kier molecular flexibility index (Phi) is 6.01. The number of amides is 1. The third kappa shape index (κ3) is 4.42. The molecule has 2 heterocycles. The second kappa shape index (κ2) is 8.27. The molecule has 1 amide bonds. The largest absolute Gasteiger partial charge is 0.349 e. The van der Waals surface area contributed by atoms with E-state index < -0.39 is 0 Å². The van der Waals surface area contributed by atoms with Gasteiger partial charge in [0.1, 0.15) is 10.7 Å². The normalized spacial score (nSPS) is 13.5. The zero-order valence-electron chi connectivity index (χ0n) is 15.8. The van der Waals surface area contributed by atoms with Crippen molar-refractivity contribution >= 4 is 39.2 Å². The van der Waals surface area contributed by atoms with Crippen LogP contribution in [0.2, 0.25) is 0 Å². The molecule has 0 fully saturated rings. The molecule has 0 radical (unpaired) electrons. The predicted octanol–water partition coefficient (Wildman–Crippen LogP) is 4.10. The summed E-state index contributed by atoms with van der Waals surface area (Å²) < 4.78 is 0. The van der Waals surface area contributed by atoms with Crippen LogP contribution < -0.4 is 10.9 Å². The molecule has 0 aliphatic carbocycles. The van der Waals surface area contributed by atoms with Crippen molar-refractivity contribution < 1.29 is 4.79 Å². The fourth-order valence-electron chi connectivity index (χ4n) is 2.80. The Balaban J connectivity index is 1.63. The predicted molar refractivity (Wildman–Crippen MR) is 113 cm³/mol. The number of aromatic amines is 1. The first-order chi connectivity index (χ1) is 12.9. The van der Waals surface area contributed by atoms with E-state index in [1.165, 1.54) is 23.1 Å². The van der Waals surface area contributed by atoms with E-state index in [1.807, 2.05) is 58.0 Å². The van der Waals surface area contributed by atoms with Crippen molar-refractivity contribution in [2.45, 2.75) is 44.7 Å². The standard InChI is InChI=1S/C20H23N3O2S2/c1-11-13(3)27-20-17(11)19(25)22-16(23-20)10-26-14(4)18(24)21-12(2)15-8-6-5-7-9-15/h5-9,12,14H,10H2,1-4H3,(H,21,24)(H,22,23,25). The van der Waals surface area contributed by atoms with E-state index in [9.17, 15) is 9.59 Å². The number of thioether (sulfide) groups is 1. The maximum atomic E-state index is 12.5. The molecule has 0 aliphatic rings. The van der Waals surface area contributed by atoms with E-state index in [1.54, 1.807) is 0 Å². The second-order valence-electron chi connectivity index (χ2n) is 6.57. The maximum absolute atomic E-state index is 12.5. The Bertz CT molecular complexity index is 1010. The SMILES string of the molecule is Cc1sc2nc(CSC(C)C(=O)NC(C)c3ccccc3)[nH]c(=O)c2c1C. The van der Waals surface area contributed by atoms with Crippen molar-refractivity contribution in [1.82, 2.24) is 15.3 Å². The number of aryl methyl sites for hydroxylation is 2. The highest BCUT2D eigenvalue weighted by atomic mass is 32.2. The van der Waals surface area contributed by atoms with Gasteiger partial charge in [-0.25, -0.2) is 4.98 Å². The molecule has 27 heavy (non-hydrogen) atoms. The fraction of sp³-hybridized carbons (Fsp3) is 0.350. The Labute approximate surface area is 166 Å². The van der Waals surface area contributed by atoms with Crippen LogP contribution in [0, 0.1) is 13.8 Å². The Morgan fingerprint density at radius 2 is 1.96 bits per heavy atom. The number of fused-ring (bicyclic) bond motifs is 1. The Hall–Kier alpha value is -2.12. The summed E-state index contributed by atoms with van der Waals surface area (Å²) in [5.41, 5.74) is 1.96. The minimum Gasteiger partial charge on any atom is -0.349 e. The number of carbonyl (C=O) groups excluding carboxylic acids is 1. The van der Waals surface area contributed by atoms with Crippen molar-refractivity contribution in [2.75, 3.05) is 0 Å². The van der Waals surface area contributed by atoms with Gasteiger partial charge in [0, 0.05) is 4.88 Å². The summed E-state index contributed by atoms with van der Waals surface area (Å²) in [5.74, 6) is 1.06. The molecule has 0 spiro atoms. The van der Waals surface area contributed by atoms with Crippen molar-refractivity contribution in [2.24, 2.45) is 0 Å². The van der Waals surface area contributed by atoms with Gasteiger partial charge in [-0.1, -0.05) is 30.3 Å². The molecule has 3 aromatic rings. The van der Waals surface area contributed by atoms with Crippen molar-refractivity contribution in [1.29, 1.82) is 0 Å². The van der Waals surface area contributed by atoms with E-state index in [-0.39, 0.29) is 22.8 Å². The first kappa shape index (κ1) is 19.6. The van der Waals surface area contributed by atoms with Crippen LogP contribution in [0.1, 0.15) is 41.7 Å². The van der Waals surface area contributed by atoms with Gasteiger partial charge in [0.05, 0.1) is 22.4 Å². The number of aromatic nitrogens is 2.